The summed E-state index contributed by atoms with van der Waals surface area (Å²) in [7, 11) is 1.61. The zero-order valence-electron chi connectivity index (χ0n) is 16.8. The van der Waals surface area contributed by atoms with E-state index in [0.717, 1.165) is 28.2 Å². The van der Waals surface area contributed by atoms with Gasteiger partial charge in [0.25, 0.3) is 5.91 Å². The molecular formula is C22H29NO4. The third kappa shape index (κ3) is 6.29. The maximum atomic E-state index is 12.5. The monoisotopic (exact) mass is 371 g/mol. The van der Waals surface area contributed by atoms with E-state index in [2.05, 4.69) is 11.4 Å². The summed E-state index contributed by atoms with van der Waals surface area (Å²) in [6, 6.07) is 11.4. The minimum atomic E-state index is -0.143. The Balaban J connectivity index is 2.17. The zero-order chi connectivity index (χ0) is 19.8. The highest BCUT2D eigenvalue weighted by molar-refractivity contribution is 5.94. The molecule has 0 bridgehead atoms. The minimum Gasteiger partial charge on any atom is -0.493 e. The van der Waals surface area contributed by atoms with Crippen molar-refractivity contribution < 1.29 is 19.0 Å². The van der Waals surface area contributed by atoms with Crippen LogP contribution in [0.5, 0.6) is 11.5 Å². The highest BCUT2D eigenvalue weighted by Gasteiger charge is 2.13. The molecule has 146 valence electrons. The van der Waals surface area contributed by atoms with E-state index in [9.17, 15) is 4.79 Å². The third-order valence-corrected chi connectivity index (χ3v) is 4.01. The van der Waals surface area contributed by atoms with Gasteiger partial charge in [0.15, 0.2) is 0 Å². The first-order valence-corrected chi connectivity index (χ1v) is 9.19. The minimum absolute atomic E-state index is 0.0657. The second kappa shape index (κ2) is 9.97. The van der Waals surface area contributed by atoms with Gasteiger partial charge in [-0.3, -0.25) is 4.79 Å². The molecule has 0 aliphatic heterocycles. The molecule has 0 saturated heterocycles. The molecule has 0 heterocycles. The Labute approximate surface area is 161 Å². The van der Waals surface area contributed by atoms with Crippen molar-refractivity contribution >= 4 is 5.91 Å². The van der Waals surface area contributed by atoms with Crippen molar-refractivity contribution in [1.82, 2.24) is 5.32 Å². The Kier molecular flexibility index (Phi) is 7.67. The molecule has 0 aromatic heterocycles. The van der Waals surface area contributed by atoms with Gasteiger partial charge >= 0.3 is 0 Å². The lowest BCUT2D eigenvalue weighted by molar-refractivity contribution is 0.0905. The summed E-state index contributed by atoms with van der Waals surface area (Å²) in [6.07, 6.45) is 0. The number of carbonyl (C=O) groups is 1. The molecule has 1 atom stereocenters. The summed E-state index contributed by atoms with van der Waals surface area (Å²) < 4.78 is 16.7. The Bertz CT molecular complexity index is 753. The zero-order valence-corrected chi connectivity index (χ0v) is 16.8. The van der Waals surface area contributed by atoms with E-state index in [1.54, 1.807) is 13.2 Å². The van der Waals surface area contributed by atoms with Gasteiger partial charge in [0.1, 0.15) is 18.1 Å². The number of methoxy groups -OCH3 is 1. The number of rotatable bonds is 9. The number of carbonyl (C=O) groups excluding carboxylic acids is 1. The fourth-order valence-corrected chi connectivity index (χ4v) is 2.91. The lowest BCUT2D eigenvalue weighted by Crippen LogP contribution is -2.35. The van der Waals surface area contributed by atoms with Gasteiger partial charge in [0.2, 0.25) is 0 Å². The van der Waals surface area contributed by atoms with Crippen LogP contribution in [0.1, 0.15) is 40.9 Å². The lowest BCUT2D eigenvalue weighted by Gasteiger charge is -2.16. The van der Waals surface area contributed by atoms with Crippen molar-refractivity contribution in [2.45, 2.75) is 40.3 Å². The SMILES string of the molecule is CCOc1ccc(C(=O)N[C@@H](C)COC)cc1COc1cc(C)cc(C)c1. The average Bonchev–Trinajstić information content (AvgIpc) is 2.60. The summed E-state index contributed by atoms with van der Waals surface area (Å²) >= 11 is 0. The predicted molar refractivity (Wildman–Crippen MR) is 107 cm³/mol. The van der Waals surface area contributed by atoms with Crippen molar-refractivity contribution in [2.75, 3.05) is 20.3 Å². The molecule has 1 N–H and O–H groups in total. The summed E-state index contributed by atoms with van der Waals surface area (Å²) in [4.78, 5) is 12.5. The van der Waals surface area contributed by atoms with E-state index in [0.29, 0.717) is 25.4 Å². The molecule has 0 aliphatic carbocycles. The molecule has 0 fully saturated rings. The molecule has 5 heteroatoms. The summed E-state index contributed by atoms with van der Waals surface area (Å²) in [5, 5.41) is 2.92. The highest BCUT2D eigenvalue weighted by Crippen LogP contribution is 2.24. The molecule has 0 saturated carbocycles. The second-order valence-corrected chi connectivity index (χ2v) is 6.70. The number of hydrogen-bond acceptors (Lipinski definition) is 4. The van der Waals surface area contributed by atoms with Crippen LogP contribution in [0.25, 0.3) is 0 Å². The van der Waals surface area contributed by atoms with Crippen LogP contribution in [0, 0.1) is 13.8 Å². The average molecular weight is 371 g/mol. The number of nitrogens with one attached hydrogen (secondary N) is 1. The smallest absolute Gasteiger partial charge is 0.251 e. The predicted octanol–water partition coefficient (Wildman–Crippen LogP) is 4.05. The van der Waals surface area contributed by atoms with E-state index in [1.165, 1.54) is 0 Å². The molecule has 0 spiro atoms. The third-order valence-electron chi connectivity index (χ3n) is 4.01. The number of aryl methyl sites for hydroxylation is 2. The van der Waals surface area contributed by atoms with Crippen molar-refractivity contribution in [3.05, 3.63) is 58.7 Å². The van der Waals surface area contributed by atoms with Crippen molar-refractivity contribution in [2.24, 2.45) is 0 Å². The van der Waals surface area contributed by atoms with Crippen molar-refractivity contribution in [3.63, 3.8) is 0 Å². The van der Waals surface area contributed by atoms with Crippen molar-refractivity contribution in [1.29, 1.82) is 0 Å². The fraction of sp³-hybridized carbons (Fsp3) is 0.409. The van der Waals surface area contributed by atoms with E-state index in [-0.39, 0.29) is 11.9 Å². The Hall–Kier alpha value is -2.53. The summed E-state index contributed by atoms with van der Waals surface area (Å²) in [5.74, 6) is 1.39. The normalized spacial score (nSPS) is 11.7. The van der Waals surface area contributed by atoms with Gasteiger partial charge in [-0.15, -0.1) is 0 Å². The number of ether oxygens (including phenoxy) is 3. The quantitative estimate of drug-likeness (QED) is 0.723. The first-order chi connectivity index (χ1) is 12.9. The molecule has 0 radical (unpaired) electrons. The van der Waals surface area contributed by atoms with Crippen LogP contribution in [0.15, 0.2) is 36.4 Å². The first kappa shape index (κ1) is 20.8. The lowest BCUT2D eigenvalue weighted by atomic mass is 10.1. The molecule has 0 unspecified atom stereocenters. The molecular weight excluding hydrogens is 342 g/mol. The molecule has 2 rings (SSSR count). The maximum absolute atomic E-state index is 12.5. The van der Waals surface area contributed by atoms with Gasteiger partial charge in [0.05, 0.1) is 13.2 Å². The molecule has 2 aromatic carbocycles. The van der Waals surface area contributed by atoms with Crippen molar-refractivity contribution in [3.8, 4) is 11.5 Å². The van der Waals surface area contributed by atoms with Crippen LogP contribution in [-0.2, 0) is 11.3 Å². The highest BCUT2D eigenvalue weighted by atomic mass is 16.5. The molecule has 27 heavy (non-hydrogen) atoms. The number of hydrogen-bond donors (Lipinski definition) is 1. The van der Waals surface area contributed by atoms with Gasteiger partial charge in [-0.25, -0.2) is 0 Å². The van der Waals surface area contributed by atoms with E-state index in [4.69, 9.17) is 14.2 Å². The summed E-state index contributed by atoms with van der Waals surface area (Å²) in [6.45, 7) is 9.25. The Morgan fingerprint density at radius 1 is 1.07 bits per heavy atom. The van der Waals surface area contributed by atoms with Crippen LogP contribution in [0.4, 0.5) is 0 Å². The van der Waals surface area contributed by atoms with Gasteiger partial charge < -0.3 is 19.5 Å². The number of benzene rings is 2. The van der Waals surface area contributed by atoms with E-state index >= 15 is 0 Å². The topological polar surface area (TPSA) is 56.8 Å². The van der Waals surface area contributed by atoms with Gasteiger partial charge in [-0.2, -0.15) is 0 Å². The van der Waals surface area contributed by atoms with E-state index < -0.39 is 0 Å². The van der Waals surface area contributed by atoms with Crippen LogP contribution in [-0.4, -0.2) is 32.3 Å². The largest absolute Gasteiger partial charge is 0.493 e. The Morgan fingerprint density at radius 3 is 2.41 bits per heavy atom. The van der Waals surface area contributed by atoms with Crippen LogP contribution in [0.2, 0.25) is 0 Å². The maximum Gasteiger partial charge on any atom is 0.251 e. The van der Waals surface area contributed by atoms with Crippen LogP contribution < -0.4 is 14.8 Å². The Morgan fingerprint density at radius 2 is 1.78 bits per heavy atom. The van der Waals surface area contributed by atoms with Crippen LogP contribution in [0.3, 0.4) is 0 Å². The van der Waals surface area contributed by atoms with Gasteiger partial charge in [-0.05, 0) is 69.2 Å². The molecule has 0 aliphatic rings. The first-order valence-electron chi connectivity index (χ1n) is 9.19. The van der Waals surface area contributed by atoms with E-state index in [1.807, 2.05) is 52.0 Å². The fourth-order valence-electron chi connectivity index (χ4n) is 2.91. The number of amides is 1. The van der Waals surface area contributed by atoms with Gasteiger partial charge in [-0.1, -0.05) is 6.07 Å². The second-order valence-electron chi connectivity index (χ2n) is 6.70. The van der Waals surface area contributed by atoms with Gasteiger partial charge in [0, 0.05) is 24.3 Å². The summed E-state index contributed by atoms with van der Waals surface area (Å²) in [5.41, 5.74) is 3.70. The molecule has 2 aromatic rings. The molecule has 1 amide bonds. The molecule has 5 nitrogen and oxygen atoms in total. The standard InChI is InChI=1S/C22H29NO4/c1-6-26-21-8-7-18(22(24)23-17(4)13-25-5)12-19(21)14-27-20-10-15(2)9-16(3)11-20/h7-12,17H,6,13-14H2,1-5H3,(H,23,24)/t17-/m0/s1. The van der Waals surface area contributed by atoms with Crippen LogP contribution >= 0.6 is 0 Å².